The molecule has 1 atom stereocenters. The van der Waals surface area contributed by atoms with Crippen LogP contribution in [-0.2, 0) is 14.3 Å². The Labute approximate surface area is 70.7 Å². The van der Waals surface area contributed by atoms with Crippen LogP contribution in [0.2, 0.25) is 0 Å². The van der Waals surface area contributed by atoms with Crippen molar-refractivity contribution >= 4 is 23.4 Å². The van der Waals surface area contributed by atoms with Crippen molar-refractivity contribution in [1.29, 1.82) is 0 Å². The first-order valence-electron chi connectivity index (χ1n) is 3.32. The molecule has 0 rings (SSSR count). The number of halogens is 1. The molecule has 0 aromatic rings. The van der Waals surface area contributed by atoms with E-state index >= 15 is 0 Å². The smallest absolute Gasteiger partial charge is 0.302 e. The monoisotopic (exact) mass is 178 g/mol. The minimum absolute atomic E-state index is 0.0983. The number of ketones is 1. The molecule has 0 unspecified atom stereocenters. The Morgan fingerprint density at radius 3 is 2.36 bits per heavy atom. The molecule has 0 aliphatic rings. The fourth-order valence-electron chi connectivity index (χ4n) is 0.509. The van der Waals surface area contributed by atoms with E-state index in [0.717, 1.165) is 0 Å². The van der Waals surface area contributed by atoms with Crippen LogP contribution in [0.5, 0.6) is 0 Å². The van der Waals surface area contributed by atoms with Crippen LogP contribution in [0.4, 0.5) is 0 Å². The molecule has 0 radical (unpaired) electrons. The number of carbonyl (C=O) groups excluding carboxylic acids is 2. The van der Waals surface area contributed by atoms with Crippen LogP contribution in [0.1, 0.15) is 20.3 Å². The maximum Gasteiger partial charge on any atom is 0.302 e. The number of ether oxygens (including phenoxy) is 1. The highest BCUT2D eigenvalue weighted by Crippen LogP contribution is 2.02. The van der Waals surface area contributed by atoms with Gasteiger partial charge in [0.2, 0.25) is 0 Å². The fraction of sp³-hybridized carbons (Fsp3) is 0.714. The Hall–Kier alpha value is -0.570. The second kappa shape index (κ2) is 5.13. The van der Waals surface area contributed by atoms with E-state index in [4.69, 9.17) is 11.6 Å². The zero-order valence-corrected chi connectivity index (χ0v) is 7.35. The van der Waals surface area contributed by atoms with Gasteiger partial charge >= 0.3 is 5.97 Å². The maximum atomic E-state index is 10.5. The zero-order valence-electron chi connectivity index (χ0n) is 6.59. The molecule has 4 heteroatoms. The third-order valence-corrected chi connectivity index (χ3v) is 1.64. The number of carbonyl (C=O) groups is 2. The van der Waals surface area contributed by atoms with Gasteiger partial charge in [0.25, 0.3) is 0 Å². The van der Waals surface area contributed by atoms with Crippen molar-refractivity contribution in [3.8, 4) is 0 Å². The molecule has 0 amide bonds. The van der Waals surface area contributed by atoms with Gasteiger partial charge < -0.3 is 4.74 Å². The lowest BCUT2D eigenvalue weighted by Gasteiger charge is -2.04. The number of hydrogen-bond acceptors (Lipinski definition) is 3. The number of esters is 1. The quantitative estimate of drug-likeness (QED) is 0.479. The maximum absolute atomic E-state index is 10.5. The van der Waals surface area contributed by atoms with Crippen LogP contribution in [0.25, 0.3) is 0 Å². The molecule has 3 nitrogen and oxygen atoms in total. The van der Waals surface area contributed by atoms with Crippen molar-refractivity contribution in [3.63, 3.8) is 0 Å². The average Bonchev–Trinajstić information content (AvgIpc) is 1.86. The summed E-state index contributed by atoms with van der Waals surface area (Å²) in [6.07, 6.45) is 0.385. The predicted molar refractivity (Wildman–Crippen MR) is 41.6 cm³/mol. The Morgan fingerprint density at radius 2 is 2.00 bits per heavy atom. The van der Waals surface area contributed by atoms with Crippen LogP contribution >= 0.6 is 11.6 Å². The third kappa shape index (κ3) is 5.85. The summed E-state index contributed by atoms with van der Waals surface area (Å²) in [5, 5.41) is -0.533. The molecular formula is C7H11ClO3. The molecule has 0 spiro atoms. The molecule has 0 bridgehead atoms. The Kier molecular flexibility index (Phi) is 4.86. The lowest BCUT2D eigenvalue weighted by atomic mass is 10.2. The van der Waals surface area contributed by atoms with Crippen LogP contribution in [0, 0.1) is 0 Å². The van der Waals surface area contributed by atoms with E-state index in [1.165, 1.54) is 13.8 Å². The van der Waals surface area contributed by atoms with Gasteiger partial charge in [-0.15, -0.1) is 11.6 Å². The fourth-order valence-corrected chi connectivity index (χ4v) is 0.598. The topological polar surface area (TPSA) is 43.4 Å². The van der Waals surface area contributed by atoms with Gasteiger partial charge in [-0.1, -0.05) is 0 Å². The lowest BCUT2D eigenvalue weighted by Crippen LogP contribution is -2.14. The van der Waals surface area contributed by atoms with Crippen LogP contribution in [0.15, 0.2) is 0 Å². The summed E-state index contributed by atoms with van der Waals surface area (Å²) in [4.78, 5) is 20.8. The van der Waals surface area contributed by atoms with Crippen molar-refractivity contribution in [1.82, 2.24) is 0 Å². The van der Waals surface area contributed by atoms with Crippen molar-refractivity contribution in [3.05, 3.63) is 0 Å². The second-order valence-corrected chi connectivity index (χ2v) is 2.73. The molecule has 0 aliphatic carbocycles. The highest BCUT2D eigenvalue weighted by molar-refractivity contribution is 6.30. The zero-order chi connectivity index (χ0) is 8.85. The van der Waals surface area contributed by atoms with Gasteiger partial charge in [-0.25, -0.2) is 0 Å². The van der Waals surface area contributed by atoms with E-state index in [9.17, 15) is 9.59 Å². The van der Waals surface area contributed by atoms with Gasteiger partial charge in [0, 0.05) is 13.3 Å². The molecule has 0 N–H and O–H groups in total. The van der Waals surface area contributed by atoms with Gasteiger partial charge in [0.15, 0.2) is 0 Å². The van der Waals surface area contributed by atoms with Crippen LogP contribution in [-0.4, -0.2) is 23.7 Å². The lowest BCUT2D eigenvalue weighted by molar-refractivity contribution is -0.141. The number of Topliss-reactive ketones (excluding diaryl/α,β-unsaturated/α-hetero) is 1. The molecule has 0 saturated carbocycles. The first kappa shape index (κ1) is 10.4. The van der Waals surface area contributed by atoms with Gasteiger partial charge in [-0.05, 0) is 6.92 Å². The summed E-state index contributed by atoms with van der Waals surface area (Å²) in [6, 6.07) is 0. The Balaban J connectivity index is 3.39. The molecule has 0 fully saturated rings. The Morgan fingerprint density at radius 1 is 1.45 bits per heavy atom. The van der Waals surface area contributed by atoms with Gasteiger partial charge in [0.05, 0.1) is 12.0 Å². The van der Waals surface area contributed by atoms with Crippen molar-refractivity contribution in [2.75, 3.05) is 6.61 Å². The molecule has 0 saturated heterocycles. The van der Waals surface area contributed by atoms with Crippen LogP contribution in [0.3, 0.4) is 0 Å². The van der Waals surface area contributed by atoms with E-state index in [2.05, 4.69) is 4.74 Å². The minimum atomic E-state index is -0.533. The van der Waals surface area contributed by atoms with E-state index in [1.807, 2.05) is 0 Å². The standard InChI is InChI=1S/C7H11ClO3/c1-5(9)7(8)3-4-11-6(2)10/h7H,3-4H2,1-2H3/t7-/m1/s1. The third-order valence-electron chi connectivity index (χ3n) is 1.12. The predicted octanol–water partition coefficient (Wildman–Crippen LogP) is 1.14. The summed E-state index contributed by atoms with van der Waals surface area (Å²) in [5.41, 5.74) is 0. The van der Waals surface area contributed by atoms with Crippen molar-refractivity contribution in [2.24, 2.45) is 0 Å². The average molecular weight is 179 g/mol. The number of rotatable bonds is 4. The van der Waals surface area contributed by atoms with Gasteiger partial charge in [-0.3, -0.25) is 9.59 Å². The highest BCUT2D eigenvalue weighted by atomic mass is 35.5. The molecule has 0 aromatic carbocycles. The van der Waals surface area contributed by atoms with E-state index in [0.29, 0.717) is 6.42 Å². The van der Waals surface area contributed by atoms with E-state index < -0.39 is 5.38 Å². The SMILES string of the molecule is CC(=O)OCC[C@@H](Cl)C(C)=O. The summed E-state index contributed by atoms with van der Waals surface area (Å²) in [5.74, 6) is -0.448. The summed E-state index contributed by atoms with van der Waals surface area (Å²) >= 11 is 5.56. The molecule has 0 aliphatic heterocycles. The summed E-state index contributed by atoms with van der Waals surface area (Å²) in [7, 11) is 0. The second-order valence-electron chi connectivity index (χ2n) is 2.21. The van der Waals surface area contributed by atoms with Crippen LogP contribution < -0.4 is 0 Å². The van der Waals surface area contributed by atoms with Gasteiger partial charge in [-0.2, -0.15) is 0 Å². The first-order chi connectivity index (χ1) is 5.04. The summed E-state index contributed by atoms with van der Waals surface area (Å²) < 4.78 is 4.59. The molecule has 11 heavy (non-hydrogen) atoms. The van der Waals surface area contributed by atoms with Gasteiger partial charge in [0.1, 0.15) is 5.78 Å². The van der Waals surface area contributed by atoms with E-state index in [1.54, 1.807) is 0 Å². The normalized spacial score (nSPS) is 12.3. The molecule has 64 valence electrons. The summed E-state index contributed by atoms with van der Waals surface area (Å²) in [6.45, 7) is 2.94. The molecule has 0 aromatic heterocycles. The van der Waals surface area contributed by atoms with Crippen molar-refractivity contribution < 1.29 is 14.3 Å². The Bertz CT molecular complexity index is 156. The molecule has 0 heterocycles. The van der Waals surface area contributed by atoms with E-state index in [-0.39, 0.29) is 18.4 Å². The largest absolute Gasteiger partial charge is 0.466 e. The first-order valence-corrected chi connectivity index (χ1v) is 3.75. The molecular weight excluding hydrogens is 168 g/mol. The number of alkyl halides is 1. The number of hydrogen-bond donors (Lipinski definition) is 0. The highest BCUT2D eigenvalue weighted by Gasteiger charge is 2.09. The minimum Gasteiger partial charge on any atom is -0.466 e. The van der Waals surface area contributed by atoms with Crippen molar-refractivity contribution in [2.45, 2.75) is 25.6 Å².